The molecule has 1 aromatic rings. The highest BCUT2D eigenvalue weighted by atomic mass is 127. The van der Waals surface area contributed by atoms with Crippen molar-refractivity contribution in [1.82, 2.24) is 10.2 Å². The number of rotatable bonds is 6. The van der Waals surface area contributed by atoms with Crippen molar-refractivity contribution in [3.63, 3.8) is 0 Å². The molecule has 158 valence electrons. The van der Waals surface area contributed by atoms with Crippen LogP contribution in [0.15, 0.2) is 17.1 Å². The van der Waals surface area contributed by atoms with Crippen LogP contribution < -0.4 is 19.5 Å². The Labute approximate surface area is 183 Å². The maximum atomic E-state index is 11.7. The minimum atomic E-state index is -0.130. The van der Waals surface area contributed by atoms with E-state index in [4.69, 9.17) is 18.9 Å². The van der Waals surface area contributed by atoms with E-state index in [1.54, 1.807) is 28.4 Å². The SMILES string of the molecule is CN=C(NCc1cc(OC)c(OC)c(OC)c1)N1CCC(C(=O)OC)CC1.I. The first-order valence-electron chi connectivity index (χ1n) is 8.90. The van der Waals surface area contributed by atoms with Crippen LogP contribution in [0.3, 0.4) is 0 Å². The average Bonchev–Trinajstić information content (AvgIpc) is 2.73. The van der Waals surface area contributed by atoms with Crippen LogP contribution in [-0.4, -0.2) is 65.4 Å². The maximum Gasteiger partial charge on any atom is 0.308 e. The lowest BCUT2D eigenvalue weighted by Gasteiger charge is -2.33. The second-order valence-corrected chi connectivity index (χ2v) is 6.22. The number of carbonyl (C=O) groups is 1. The monoisotopic (exact) mass is 507 g/mol. The summed E-state index contributed by atoms with van der Waals surface area (Å²) in [4.78, 5) is 18.2. The number of likely N-dealkylation sites (tertiary alicyclic amines) is 1. The quantitative estimate of drug-likeness (QED) is 0.274. The third kappa shape index (κ3) is 5.79. The molecule has 1 aromatic carbocycles. The van der Waals surface area contributed by atoms with Gasteiger partial charge in [0.1, 0.15) is 0 Å². The number of esters is 1. The van der Waals surface area contributed by atoms with Crippen LogP contribution in [-0.2, 0) is 16.1 Å². The zero-order valence-corrected chi connectivity index (χ0v) is 19.4. The van der Waals surface area contributed by atoms with Crippen molar-refractivity contribution in [2.24, 2.45) is 10.9 Å². The molecule has 1 aliphatic rings. The molecular formula is C19H30IN3O5. The van der Waals surface area contributed by atoms with Crippen molar-refractivity contribution in [3.8, 4) is 17.2 Å². The Hall–Kier alpha value is -1.91. The molecule has 0 bridgehead atoms. The fourth-order valence-electron chi connectivity index (χ4n) is 3.24. The molecule has 0 spiro atoms. The van der Waals surface area contributed by atoms with E-state index in [9.17, 15) is 4.79 Å². The number of carbonyl (C=O) groups excluding carboxylic acids is 1. The van der Waals surface area contributed by atoms with Crippen LogP contribution >= 0.6 is 24.0 Å². The number of piperidine rings is 1. The summed E-state index contributed by atoms with van der Waals surface area (Å²) in [5.41, 5.74) is 0.982. The van der Waals surface area contributed by atoms with Gasteiger partial charge in [0.2, 0.25) is 5.75 Å². The second-order valence-electron chi connectivity index (χ2n) is 6.22. The smallest absolute Gasteiger partial charge is 0.308 e. The van der Waals surface area contributed by atoms with Gasteiger partial charge in [0.25, 0.3) is 0 Å². The van der Waals surface area contributed by atoms with Crippen molar-refractivity contribution in [1.29, 1.82) is 0 Å². The molecule has 1 heterocycles. The van der Waals surface area contributed by atoms with Gasteiger partial charge >= 0.3 is 5.97 Å². The molecular weight excluding hydrogens is 477 g/mol. The molecule has 0 aliphatic carbocycles. The standard InChI is InChI=1S/C19H29N3O5.HI/c1-20-19(22-8-6-14(7-9-22)18(23)27-5)21-12-13-10-15(24-2)17(26-4)16(11-13)25-3;/h10-11,14H,6-9,12H2,1-5H3,(H,20,21);1H. The van der Waals surface area contributed by atoms with E-state index in [1.807, 2.05) is 12.1 Å². The second kappa shape index (κ2) is 11.8. The van der Waals surface area contributed by atoms with E-state index in [0.717, 1.165) is 37.5 Å². The first kappa shape index (κ1) is 24.1. The summed E-state index contributed by atoms with van der Waals surface area (Å²) < 4.78 is 21.0. The van der Waals surface area contributed by atoms with Crippen molar-refractivity contribution >= 4 is 35.9 Å². The van der Waals surface area contributed by atoms with Gasteiger partial charge in [0, 0.05) is 26.7 Å². The Balaban J connectivity index is 0.00000392. The summed E-state index contributed by atoms with van der Waals surface area (Å²) in [6, 6.07) is 3.82. The lowest BCUT2D eigenvalue weighted by atomic mass is 9.97. The molecule has 0 saturated carbocycles. The van der Waals surface area contributed by atoms with Gasteiger partial charge in [-0.15, -0.1) is 24.0 Å². The molecule has 1 saturated heterocycles. The van der Waals surface area contributed by atoms with Crippen LogP contribution in [0.25, 0.3) is 0 Å². The molecule has 0 aromatic heterocycles. The molecule has 1 aliphatic heterocycles. The Bertz CT molecular complexity index is 651. The maximum absolute atomic E-state index is 11.7. The zero-order valence-electron chi connectivity index (χ0n) is 17.1. The Kier molecular flexibility index (Phi) is 10.2. The largest absolute Gasteiger partial charge is 0.493 e. The molecule has 1 fully saturated rings. The number of benzene rings is 1. The highest BCUT2D eigenvalue weighted by Gasteiger charge is 2.27. The van der Waals surface area contributed by atoms with Gasteiger partial charge < -0.3 is 29.2 Å². The highest BCUT2D eigenvalue weighted by molar-refractivity contribution is 14.0. The number of hydrogen-bond acceptors (Lipinski definition) is 6. The highest BCUT2D eigenvalue weighted by Crippen LogP contribution is 2.38. The fourth-order valence-corrected chi connectivity index (χ4v) is 3.24. The number of halogens is 1. The first-order chi connectivity index (χ1) is 13.1. The third-order valence-corrected chi connectivity index (χ3v) is 4.72. The van der Waals surface area contributed by atoms with Crippen LogP contribution in [0, 0.1) is 5.92 Å². The number of methoxy groups -OCH3 is 4. The van der Waals surface area contributed by atoms with Gasteiger partial charge in [0.15, 0.2) is 17.5 Å². The molecule has 8 nitrogen and oxygen atoms in total. The number of nitrogens with zero attached hydrogens (tertiary/aromatic N) is 2. The van der Waals surface area contributed by atoms with Gasteiger partial charge in [-0.05, 0) is 30.5 Å². The van der Waals surface area contributed by atoms with Gasteiger partial charge in [-0.2, -0.15) is 0 Å². The Morgan fingerprint density at radius 1 is 1.11 bits per heavy atom. The molecule has 0 amide bonds. The van der Waals surface area contributed by atoms with E-state index in [1.165, 1.54) is 7.11 Å². The van der Waals surface area contributed by atoms with E-state index in [2.05, 4.69) is 15.2 Å². The summed E-state index contributed by atoms with van der Waals surface area (Å²) in [7, 11) is 7.96. The van der Waals surface area contributed by atoms with E-state index < -0.39 is 0 Å². The van der Waals surface area contributed by atoms with Crippen LogP contribution in [0.5, 0.6) is 17.2 Å². The molecule has 1 N–H and O–H groups in total. The van der Waals surface area contributed by atoms with Crippen LogP contribution in [0.2, 0.25) is 0 Å². The topological polar surface area (TPSA) is 81.6 Å². The number of aliphatic imine (C=N–C) groups is 1. The van der Waals surface area contributed by atoms with E-state index in [0.29, 0.717) is 23.8 Å². The molecule has 0 atom stereocenters. The summed E-state index contributed by atoms with van der Waals surface area (Å²) in [6.45, 7) is 2.07. The van der Waals surface area contributed by atoms with Gasteiger partial charge in [-0.25, -0.2) is 0 Å². The summed E-state index contributed by atoms with van der Waals surface area (Å²) in [6.07, 6.45) is 1.52. The number of nitrogens with one attached hydrogen (secondary N) is 1. The normalized spacial score (nSPS) is 14.8. The summed E-state index contributed by atoms with van der Waals surface area (Å²) in [5, 5.41) is 3.36. The minimum absolute atomic E-state index is 0. The van der Waals surface area contributed by atoms with Crippen molar-refractivity contribution in [2.75, 3.05) is 48.6 Å². The Morgan fingerprint density at radius 3 is 2.11 bits per heavy atom. The van der Waals surface area contributed by atoms with Crippen LogP contribution in [0.1, 0.15) is 18.4 Å². The Morgan fingerprint density at radius 2 is 1.68 bits per heavy atom. The summed E-state index contributed by atoms with van der Waals surface area (Å²) in [5.74, 6) is 2.43. The van der Waals surface area contributed by atoms with Gasteiger partial charge in [-0.1, -0.05) is 0 Å². The fraction of sp³-hybridized carbons (Fsp3) is 0.579. The number of ether oxygens (including phenoxy) is 4. The van der Waals surface area contributed by atoms with Crippen LogP contribution in [0.4, 0.5) is 0 Å². The molecule has 0 unspecified atom stereocenters. The average molecular weight is 507 g/mol. The minimum Gasteiger partial charge on any atom is -0.493 e. The molecule has 28 heavy (non-hydrogen) atoms. The number of hydrogen-bond donors (Lipinski definition) is 1. The lowest BCUT2D eigenvalue weighted by Crippen LogP contribution is -2.46. The van der Waals surface area contributed by atoms with E-state index >= 15 is 0 Å². The van der Waals surface area contributed by atoms with E-state index in [-0.39, 0.29) is 35.9 Å². The zero-order chi connectivity index (χ0) is 19.8. The summed E-state index contributed by atoms with van der Waals surface area (Å²) >= 11 is 0. The third-order valence-electron chi connectivity index (χ3n) is 4.72. The van der Waals surface area contributed by atoms with Crippen molar-refractivity contribution < 1.29 is 23.7 Å². The number of guanidine groups is 1. The molecule has 2 rings (SSSR count). The molecule has 9 heteroatoms. The molecule has 0 radical (unpaired) electrons. The first-order valence-corrected chi connectivity index (χ1v) is 8.90. The van der Waals surface area contributed by atoms with Gasteiger partial charge in [0.05, 0.1) is 34.4 Å². The van der Waals surface area contributed by atoms with Crippen molar-refractivity contribution in [2.45, 2.75) is 19.4 Å². The predicted octanol–water partition coefficient (Wildman–Crippen LogP) is 2.29. The lowest BCUT2D eigenvalue weighted by molar-refractivity contribution is -0.146. The van der Waals surface area contributed by atoms with Gasteiger partial charge in [-0.3, -0.25) is 9.79 Å². The predicted molar refractivity (Wildman–Crippen MR) is 118 cm³/mol. The van der Waals surface area contributed by atoms with Crippen molar-refractivity contribution in [3.05, 3.63) is 17.7 Å².